The standard InChI is InChI=1S/C15H22N2S2/c1-3-19-13-8-4-7-12(14(13)15(16)18)17-9-5-6-11(2)10-17/h4,7-8,11H,3,5-6,9-10H2,1-2H3,(H2,16,18). The molecule has 19 heavy (non-hydrogen) atoms. The van der Waals surface area contributed by atoms with Gasteiger partial charge in [0.25, 0.3) is 0 Å². The van der Waals surface area contributed by atoms with Crippen LogP contribution in [0.3, 0.4) is 0 Å². The quantitative estimate of drug-likeness (QED) is 0.678. The highest BCUT2D eigenvalue weighted by Gasteiger charge is 2.21. The third-order valence-electron chi connectivity index (χ3n) is 3.55. The molecule has 0 spiro atoms. The topological polar surface area (TPSA) is 29.3 Å². The van der Waals surface area contributed by atoms with Crippen molar-refractivity contribution in [2.45, 2.75) is 31.6 Å². The lowest BCUT2D eigenvalue weighted by molar-refractivity contribution is 0.446. The van der Waals surface area contributed by atoms with Crippen LogP contribution in [0.2, 0.25) is 0 Å². The first-order valence-corrected chi connectivity index (χ1v) is 8.33. The molecule has 104 valence electrons. The number of piperidine rings is 1. The van der Waals surface area contributed by atoms with Gasteiger partial charge >= 0.3 is 0 Å². The molecule has 1 aliphatic heterocycles. The molecule has 0 aromatic heterocycles. The summed E-state index contributed by atoms with van der Waals surface area (Å²) in [7, 11) is 0. The van der Waals surface area contributed by atoms with Gasteiger partial charge in [-0.2, -0.15) is 0 Å². The van der Waals surface area contributed by atoms with Gasteiger partial charge in [0, 0.05) is 29.2 Å². The molecule has 0 saturated carbocycles. The van der Waals surface area contributed by atoms with Crippen molar-refractivity contribution >= 4 is 34.7 Å². The van der Waals surface area contributed by atoms with Crippen molar-refractivity contribution in [3.8, 4) is 0 Å². The summed E-state index contributed by atoms with van der Waals surface area (Å²) < 4.78 is 0. The van der Waals surface area contributed by atoms with E-state index in [-0.39, 0.29) is 0 Å². The second-order valence-corrected chi connectivity index (χ2v) is 6.89. The second kappa shape index (κ2) is 6.62. The largest absolute Gasteiger partial charge is 0.389 e. The van der Waals surface area contributed by atoms with Crippen LogP contribution >= 0.6 is 24.0 Å². The first-order chi connectivity index (χ1) is 9.13. The van der Waals surface area contributed by atoms with E-state index in [0.717, 1.165) is 30.3 Å². The number of thioether (sulfide) groups is 1. The highest BCUT2D eigenvalue weighted by Crippen LogP contribution is 2.33. The van der Waals surface area contributed by atoms with Gasteiger partial charge in [-0.1, -0.05) is 32.1 Å². The minimum atomic E-state index is 0.518. The van der Waals surface area contributed by atoms with Crippen LogP contribution < -0.4 is 10.6 Å². The van der Waals surface area contributed by atoms with E-state index in [1.165, 1.54) is 23.4 Å². The molecule has 1 aromatic rings. The monoisotopic (exact) mass is 294 g/mol. The molecule has 0 radical (unpaired) electrons. The van der Waals surface area contributed by atoms with Crippen LogP contribution in [-0.4, -0.2) is 23.8 Å². The van der Waals surface area contributed by atoms with Crippen molar-refractivity contribution in [2.75, 3.05) is 23.7 Å². The zero-order valence-corrected chi connectivity index (χ0v) is 13.3. The molecular weight excluding hydrogens is 272 g/mol. The number of thiocarbonyl (C=S) groups is 1. The average Bonchev–Trinajstić information content (AvgIpc) is 2.38. The maximum atomic E-state index is 5.98. The van der Waals surface area contributed by atoms with Crippen LogP contribution in [0.5, 0.6) is 0 Å². The Morgan fingerprint density at radius 1 is 1.53 bits per heavy atom. The molecule has 1 aliphatic rings. The van der Waals surface area contributed by atoms with Crippen LogP contribution in [0.4, 0.5) is 5.69 Å². The molecule has 1 atom stereocenters. The maximum Gasteiger partial charge on any atom is 0.107 e. The van der Waals surface area contributed by atoms with E-state index in [4.69, 9.17) is 18.0 Å². The summed E-state index contributed by atoms with van der Waals surface area (Å²) in [4.78, 5) is 4.18. The Kier molecular flexibility index (Phi) is 5.11. The van der Waals surface area contributed by atoms with Crippen molar-refractivity contribution in [1.29, 1.82) is 0 Å². The predicted molar refractivity (Wildman–Crippen MR) is 89.3 cm³/mol. The van der Waals surface area contributed by atoms with Crippen molar-refractivity contribution < 1.29 is 0 Å². The number of benzene rings is 1. The molecule has 1 unspecified atom stereocenters. The van der Waals surface area contributed by atoms with Crippen LogP contribution in [0, 0.1) is 5.92 Å². The summed E-state index contributed by atoms with van der Waals surface area (Å²) >= 11 is 7.10. The van der Waals surface area contributed by atoms with Crippen molar-refractivity contribution in [3.05, 3.63) is 23.8 Å². The highest BCUT2D eigenvalue weighted by molar-refractivity contribution is 7.99. The predicted octanol–water partition coefficient (Wildman–Crippen LogP) is 3.67. The fourth-order valence-corrected chi connectivity index (χ4v) is 3.84. The summed E-state index contributed by atoms with van der Waals surface area (Å²) in [6.07, 6.45) is 2.57. The first-order valence-electron chi connectivity index (χ1n) is 6.94. The average molecular weight is 294 g/mol. The summed E-state index contributed by atoms with van der Waals surface area (Å²) in [6, 6.07) is 6.40. The van der Waals surface area contributed by atoms with Crippen LogP contribution in [0.15, 0.2) is 23.1 Å². The molecule has 2 N–H and O–H groups in total. The van der Waals surface area contributed by atoms with E-state index in [9.17, 15) is 0 Å². The maximum absolute atomic E-state index is 5.98. The van der Waals surface area contributed by atoms with Gasteiger partial charge in [-0.15, -0.1) is 11.8 Å². The van der Waals surface area contributed by atoms with E-state index in [1.807, 2.05) is 11.8 Å². The third-order valence-corrected chi connectivity index (χ3v) is 4.69. The number of rotatable bonds is 4. The molecule has 2 nitrogen and oxygen atoms in total. The van der Waals surface area contributed by atoms with Crippen molar-refractivity contribution in [2.24, 2.45) is 11.7 Å². The van der Waals surface area contributed by atoms with E-state index >= 15 is 0 Å². The Bertz CT molecular complexity index is 459. The zero-order valence-electron chi connectivity index (χ0n) is 11.7. The van der Waals surface area contributed by atoms with E-state index in [1.54, 1.807) is 0 Å². The zero-order chi connectivity index (χ0) is 13.8. The fourth-order valence-electron chi connectivity index (χ4n) is 2.71. The molecule has 0 amide bonds. The fraction of sp³-hybridized carbons (Fsp3) is 0.533. The van der Waals surface area contributed by atoms with E-state index in [2.05, 4.69) is 36.9 Å². The molecule has 1 saturated heterocycles. The number of nitrogens with zero attached hydrogens (tertiary/aromatic N) is 1. The van der Waals surface area contributed by atoms with Crippen LogP contribution in [0.1, 0.15) is 32.3 Å². The highest BCUT2D eigenvalue weighted by atomic mass is 32.2. The Balaban J connectivity index is 2.38. The van der Waals surface area contributed by atoms with Gasteiger partial charge in [-0.3, -0.25) is 0 Å². The second-order valence-electron chi connectivity index (χ2n) is 5.14. The molecular formula is C15H22N2S2. The Morgan fingerprint density at radius 2 is 2.32 bits per heavy atom. The van der Waals surface area contributed by atoms with Gasteiger partial charge in [0.15, 0.2) is 0 Å². The van der Waals surface area contributed by atoms with Crippen LogP contribution in [0.25, 0.3) is 0 Å². The Labute approximate surface area is 125 Å². The smallest absolute Gasteiger partial charge is 0.107 e. The SMILES string of the molecule is CCSc1cccc(N2CCCC(C)C2)c1C(N)=S. The molecule has 0 aliphatic carbocycles. The number of hydrogen-bond donors (Lipinski definition) is 1. The number of anilines is 1. The molecule has 2 rings (SSSR count). The summed E-state index contributed by atoms with van der Waals surface area (Å²) in [5.74, 6) is 1.78. The van der Waals surface area contributed by atoms with Gasteiger partial charge < -0.3 is 10.6 Å². The Hall–Kier alpha value is -0.740. The number of hydrogen-bond acceptors (Lipinski definition) is 3. The van der Waals surface area contributed by atoms with Gasteiger partial charge in [-0.05, 0) is 36.6 Å². The van der Waals surface area contributed by atoms with Crippen molar-refractivity contribution in [3.63, 3.8) is 0 Å². The lowest BCUT2D eigenvalue weighted by Gasteiger charge is -2.34. The summed E-state index contributed by atoms with van der Waals surface area (Å²) in [5.41, 5.74) is 8.27. The van der Waals surface area contributed by atoms with Gasteiger partial charge in [0.05, 0.1) is 0 Å². The lowest BCUT2D eigenvalue weighted by Crippen LogP contribution is -2.35. The molecule has 0 bridgehead atoms. The van der Waals surface area contributed by atoms with E-state index < -0.39 is 0 Å². The minimum Gasteiger partial charge on any atom is -0.389 e. The molecule has 1 heterocycles. The summed E-state index contributed by atoms with van der Waals surface area (Å²) in [5, 5.41) is 0. The minimum absolute atomic E-state index is 0.518. The lowest BCUT2D eigenvalue weighted by atomic mass is 9.99. The van der Waals surface area contributed by atoms with Gasteiger partial charge in [0.2, 0.25) is 0 Å². The third kappa shape index (κ3) is 3.42. The van der Waals surface area contributed by atoms with Gasteiger partial charge in [-0.25, -0.2) is 0 Å². The Morgan fingerprint density at radius 3 is 2.95 bits per heavy atom. The van der Waals surface area contributed by atoms with E-state index in [0.29, 0.717) is 4.99 Å². The normalized spacial score (nSPS) is 19.5. The number of nitrogens with two attached hydrogens (primary N) is 1. The summed E-state index contributed by atoms with van der Waals surface area (Å²) in [6.45, 7) is 6.69. The van der Waals surface area contributed by atoms with Crippen LogP contribution in [-0.2, 0) is 0 Å². The van der Waals surface area contributed by atoms with Crippen molar-refractivity contribution in [1.82, 2.24) is 0 Å². The molecule has 4 heteroatoms. The van der Waals surface area contributed by atoms with Gasteiger partial charge in [0.1, 0.15) is 4.99 Å². The first kappa shape index (κ1) is 14.7. The molecule has 1 aromatic carbocycles. The molecule has 1 fully saturated rings.